The van der Waals surface area contributed by atoms with Crippen LogP contribution >= 0.6 is 0 Å². The summed E-state index contributed by atoms with van der Waals surface area (Å²) in [6.07, 6.45) is 7.38. The van der Waals surface area contributed by atoms with Gasteiger partial charge in [-0.1, -0.05) is 18.2 Å². The highest BCUT2D eigenvalue weighted by molar-refractivity contribution is 7.92. The smallest absolute Gasteiger partial charge is 0.232 e. The minimum Gasteiger partial charge on any atom is -0.303 e. The van der Waals surface area contributed by atoms with Gasteiger partial charge in [-0.2, -0.15) is 0 Å². The highest BCUT2D eigenvalue weighted by Crippen LogP contribution is 2.44. The van der Waals surface area contributed by atoms with Crippen molar-refractivity contribution in [1.29, 1.82) is 0 Å². The van der Waals surface area contributed by atoms with Crippen molar-refractivity contribution in [3.05, 3.63) is 29.8 Å². The van der Waals surface area contributed by atoms with Crippen molar-refractivity contribution in [3.8, 4) is 0 Å². The van der Waals surface area contributed by atoms with Gasteiger partial charge in [0.05, 0.1) is 11.9 Å². The van der Waals surface area contributed by atoms with Gasteiger partial charge in [0.1, 0.15) is 0 Å². The molecule has 0 atom stereocenters. The normalized spacial score (nSPS) is 24.7. The minimum atomic E-state index is -3.22. The zero-order valence-corrected chi connectivity index (χ0v) is 14.7. The number of para-hydroxylation sites is 1. The Morgan fingerprint density at radius 3 is 2.52 bits per heavy atom. The molecule has 1 aliphatic carbocycles. The van der Waals surface area contributed by atoms with E-state index < -0.39 is 10.0 Å². The first-order chi connectivity index (χ1) is 11.0. The van der Waals surface area contributed by atoms with E-state index in [9.17, 15) is 8.42 Å². The molecule has 1 saturated heterocycles. The second-order valence-electron chi connectivity index (χ2n) is 7.82. The average Bonchev–Trinajstić information content (AvgIpc) is 3.32. The largest absolute Gasteiger partial charge is 0.303 e. The molecule has 2 heterocycles. The second kappa shape index (κ2) is 5.49. The standard InChI is InChI=1S/C18H26N2O2S/c1-23(21,22)20-14-18(12-16-4-2-3-5-17(16)20)8-10-19(11-9-18)13-15-6-7-15/h2-5,15H,6-14H2,1H3. The molecule has 1 aromatic rings. The summed E-state index contributed by atoms with van der Waals surface area (Å²) in [7, 11) is -3.22. The SMILES string of the molecule is CS(=O)(=O)N1CC2(CCN(CC3CC3)CC2)Cc2ccccc21. The predicted octanol–water partition coefficient (Wildman–Crippen LogP) is 2.50. The van der Waals surface area contributed by atoms with Crippen molar-refractivity contribution >= 4 is 15.7 Å². The van der Waals surface area contributed by atoms with Crippen LogP contribution in [0, 0.1) is 11.3 Å². The summed E-state index contributed by atoms with van der Waals surface area (Å²) < 4.78 is 26.3. The third kappa shape index (κ3) is 3.13. The number of sulfonamides is 1. The first-order valence-electron chi connectivity index (χ1n) is 8.73. The number of rotatable bonds is 3. The maximum Gasteiger partial charge on any atom is 0.232 e. The molecule has 0 N–H and O–H groups in total. The molecule has 0 bridgehead atoms. The summed E-state index contributed by atoms with van der Waals surface area (Å²) in [5.74, 6) is 0.934. The molecule has 0 aromatic heterocycles. The highest BCUT2D eigenvalue weighted by atomic mass is 32.2. The van der Waals surface area contributed by atoms with Crippen molar-refractivity contribution in [2.45, 2.75) is 32.1 Å². The van der Waals surface area contributed by atoms with Crippen molar-refractivity contribution in [2.75, 3.05) is 36.7 Å². The first kappa shape index (κ1) is 15.5. The molecular formula is C18H26N2O2S. The number of benzene rings is 1. The van der Waals surface area contributed by atoms with Crippen LogP contribution < -0.4 is 4.31 Å². The fourth-order valence-corrected chi connectivity index (χ4v) is 5.30. The molecule has 0 radical (unpaired) electrons. The van der Waals surface area contributed by atoms with E-state index in [4.69, 9.17) is 0 Å². The molecule has 1 spiro atoms. The third-order valence-electron chi connectivity index (χ3n) is 5.84. The van der Waals surface area contributed by atoms with E-state index in [0.717, 1.165) is 44.0 Å². The van der Waals surface area contributed by atoms with Crippen LogP contribution in [-0.4, -0.2) is 45.8 Å². The third-order valence-corrected chi connectivity index (χ3v) is 6.96. The van der Waals surface area contributed by atoms with Gasteiger partial charge in [-0.25, -0.2) is 8.42 Å². The first-order valence-corrected chi connectivity index (χ1v) is 10.6. The molecule has 4 nitrogen and oxygen atoms in total. The zero-order chi connectivity index (χ0) is 16.1. The molecule has 5 heteroatoms. The van der Waals surface area contributed by atoms with Gasteiger partial charge in [0, 0.05) is 13.1 Å². The summed E-state index contributed by atoms with van der Waals surface area (Å²) in [5.41, 5.74) is 2.21. The Bertz CT molecular complexity index is 689. The number of hydrogen-bond acceptors (Lipinski definition) is 3. The minimum absolute atomic E-state index is 0.123. The Morgan fingerprint density at radius 1 is 1.17 bits per heavy atom. The van der Waals surface area contributed by atoms with Gasteiger partial charge in [-0.05, 0) is 68.2 Å². The van der Waals surface area contributed by atoms with E-state index in [0.29, 0.717) is 6.54 Å². The van der Waals surface area contributed by atoms with E-state index in [2.05, 4.69) is 11.0 Å². The Morgan fingerprint density at radius 2 is 1.87 bits per heavy atom. The van der Waals surface area contributed by atoms with Gasteiger partial charge in [-0.3, -0.25) is 4.31 Å². The van der Waals surface area contributed by atoms with Crippen molar-refractivity contribution in [2.24, 2.45) is 11.3 Å². The zero-order valence-electron chi connectivity index (χ0n) is 13.9. The Balaban J connectivity index is 1.57. The summed E-state index contributed by atoms with van der Waals surface area (Å²) in [6, 6.07) is 8.02. The predicted molar refractivity (Wildman–Crippen MR) is 93.2 cm³/mol. The van der Waals surface area contributed by atoms with E-state index in [1.807, 2.05) is 18.2 Å². The molecule has 4 rings (SSSR count). The Hall–Kier alpha value is -1.07. The van der Waals surface area contributed by atoms with Gasteiger partial charge in [0.25, 0.3) is 0 Å². The van der Waals surface area contributed by atoms with Crippen LogP contribution in [0.2, 0.25) is 0 Å². The fraction of sp³-hybridized carbons (Fsp3) is 0.667. The van der Waals surface area contributed by atoms with Crippen molar-refractivity contribution in [3.63, 3.8) is 0 Å². The maximum atomic E-state index is 12.3. The quantitative estimate of drug-likeness (QED) is 0.853. The highest BCUT2D eigenvalue weighted by Gasteiger charge is 2.43. The van der Waals surface area contributed by atoms with E-state index >= 15 is 0 Å². The lowest BCUT2D eigenvalue weighted by Gasteiger charge is -2.48. The number of piperidine rings is 1. The molecule has 2 aliphatic heterocycles. The molecule has 3 aliphatic rings. The van der Waals surface area contributed by atoms with Crippen molar-refractivity contribution in [1.82, 2.24) is 4.90 Å². The van der Waals surface area contributed by atoms with Gasteiger partial charge in [0.15, 0.2) is 0 Å². The van der Waals surface area contributed by atoms with E-state index in [1.165, 1.54) is 31.2 Å². The summed E-state index contributed by atoms with van der Waals surface area (Å²) in [4.78, 5) is 2.59. The second-order valence-corrected chi connectivity index (χ2v) is 9.73. The van der Waals surface area contributed by atoms with Crippen LogP contribution in [0.1, 0.15) is 31.2 Å². The molecular weight excluding hydrogens is 308 g/mol. The Labute approximate surface area is 139 Å². The maximum absolute atomic E-state index is 12.3. The monoisotopic (exact) mass is 334 g/mol. The van der Waals surface area contributed by atoms with Gasteiger partial charge in [0.2, 0.25) is 10.0 Å². The molecule has 2 fully saturated rings. The number of nitrogens with zero attached hydrogens (tertiary/aromatic N) is 2. The van der Waals surface area contributed by atoms with Crippen LogP contribution in [0.3, 0.4) is 0 Å². The molecule has 1 aromatic carbocycles. The summed E-state index contributed by atoms with van der Waals surface area (Å²) in [6.45, 7) is 4.15. The lowest BCUT2D eigenvalue weighted by atomic mass is 9.71. The van der Waals surface area contributed by atoms with Crippen LogP contribution in [0.4, 0.5) is 5.69 Å². The molecule has 126 valence electrons. The van der Waals surface area contributed by atoms with Gasteiger partial charge in [-0.15, -0.1) is 0 Å². The molecule has 1 saturated carbocycles. The summed E-state index contributed by atoms with van der Waals surface area (Å²) >= 11 is 0. The van der Waals surface area contributed by atoms with Crippen LogP contribution in [-0.2, 0) is 16.4 Å². The van der Waals surface area contributed by atoms with E-state index in [-0.39, 0.29) is 5.41 Å². The lowest BCUT2D eigenvalue weighted by molar-refractivity contribution is 0.104. The van der Waals surface area contributed by atoms with Crippen molar-refractivity contribution < 1.29 is 8.42 Å². The average molecular weight is 334 g/mol. The summed E-state index contributed by atoms with van der Waals surface area (Å²) in [5, 5.41) is 0. The number of likely N-dealkylation sites (tertiary alicyclic amines) is 1. The molecule has 23 heavy (non-hydrogen) atoms. The van der Waals surface area contributed by atoms with Gasteiger partial charge >= 0.3 is 0 Å². The topological polar surface area (TPSA) is 40.6 Å². The molecule has 0 unspecified atom stereocenters. The van der Waals surface area contributed by atoms with E-state index in [1.54, 1.807) is 4.31 Å². The Kier molecular flexibility index (Phi) is 3.69. The van der Waals surface area contributed by atoms with Gasteiger partial charge < -0.3 is 4.90 Å². The number of hydrogen-bond donors (Lipinski definition) is 0. The molecule has 0 amide bonds. The van der Waals surface area contributed by atoms with Crippen LogP contribution in [0.25, 0.3) is 0 Å². The fourth-order valence-electron chi connectivity index (χ4n) is 4.26. The number of anilines is 1. The van der Waals surface area contributed by atoms with Crippen LogP contribution in [0.5, 0.6) is 0 Å². The number of fused-ring (bicyclic) bond motifs is 1. The lowest BCUT2D eigenvalue weighted by Crippen LogP contribution is -2.51. The van der Waals surface area contributed by atoms with Crippen LogP contribution in [0.15, 0.2) is 24.3 Å².